The van der Waals surface area contributed by atoms with E-state index < -0.39 is 0 Å². The van der Waals surface area contributed by atoms with E-state index in [1.54, 1.807) is 11.2 Å². The van der Waals surface area contributed by atoms with E-state index in [1.807, 2.05) is 60.9 Å². The molecule has 0 spiro atoms. The van der Waals surface area contributed by atoms with Gasteiger partial charge >= 0.3 is 0 Å². The van der Waals surface area contributed by atoms with Gasteiger partial charge in [0.1, 0.15) is 0 Å². The number of aromatic nitrogens is 3. The zero-order valence-electron chi connectivity index (χ0n) is 16.7. The number of furan rings is 1. The zero-order chi connectivity index (χ0) is 20.1. The Balaban J connectivity index is 1.83. The van der Waals surface area contributed by atoms with E-state index >= 15 is 0 Å². The van der Waals surface area contributed by atoms with Crippen LogP contribution < -0.4 is 4.90 Å². The highest BCUT2D eigenvalue weighted by Gasteiger charge is 2.25. The van der Waals surface area contributed by atoms with Gasteiger partial charge < -0.3 is 9.32 Å². The molecule has 0 bridgehead atoms. The minimum atomic E-state index is -0.292. The van der Waals surface area contributed by atoms with Crippen molar-refractivity contribution in [2.24, 2.45) is 5.92 Å². The average Bonchev–Trinajstić information content (AvgIpc) is 3.33. The average molecular weight is 399 g/mol. The number of para-hydroxylation sites is 1. The molecule has 1 aromatic carbocycles. The number of hydrogen-bond donors (Lipinski definition) is 0. The predicted molar refractivity (Wildman–Crippen MR) is 112 cm³/mol. The minimum absolute atomic E-state index is 0.0531. The third kappa shape index (κ3) is 4.47. The number of anilines is 1. The standard InChI is InChI=1S/C21H26N4O2S/c1-5-24(17-10-7-6-8-11-17)20(26)16(4)28-21-23-22-19(18-12-9-13-27-18)25(21)14-15(2)3/h6-13,15-16H,5,14H2,1-4H3. The van der Waals surface area contributed by atoms with E-state index in [1.165, 1.54) is 11.8 Å². The van der Waals surface area contributed by atoms with E-state index in [0.717, 1.165) is 17.4 Å². The van der Waals surface area contributed by atoms with Crippen LogP contribution in [0, 0.1) is 5.92 Å². The molecule has 2 heterocycles. The van der Waals surface area contributed by atoms with E-state index in [2.05, 4.69) is 24.0 Å². The maximum atomic E-state index is 13.1. The Morgan fingerprint density at radius 2 is 1.89 bits per heavy atom. The molecule has 7 heteroatoms. The van der Waals surface area contributed by atoms with Crippen molar-refractivity contribution in [3.63, 3.8) is 0 Å². The Hall–Kier alpha value is -2.54. The van der Waals surface area contributed by atoms with Crippen LogP contribution in [0.3, 0.4) is 0 Å². The van der Waals surface area contributed by atoms with Crippen LogP contribution in [0.5, 0.6) is 0 Å². The van der Waals surface area contributed by atoms with Gasteiger partial charge in [-0.3, -0.25) is 9.36 Å². The van der Waals surface area contributed by atoms with Crippen LogP contribution in [0.25, 0.3) is 11.6 Å². The summed E-state index contributed by atoms with van der Waals surface area (Å²) in [5.74, 6) is 1.83. The second-order valence-corrected chi connectivity index (χ2v) is 8.27. The number of thioether (sulfide) groups is 1. The van der Waals surface area contributed by atoms with E-state index in [-0.39, 0.29) is 11.2 Å². The van der Waals surface area contributed by atoms with Crippen LogP contribution in [-0.2, 0) is 11.3 Å². The quantitative estimate of drug-likeness (QED) is 0.513. The fourth-order valence-electron chi connectivity index (χ4n) is 3.00. The van der Waals surface area contributed by atoms with Crippen molar-refractivity contribution in [1.29, 1.82) is 0 Å². The van der Waals surface area contributed by atoms with Crippen molar-refractivity contribution in [3.05, 3.63) is 48.7 Å². The Morgan fingerprint density at radius 3 is 2.50 bits per heavy atom. The lowest BCUT2D eigenvalue weighted by Gasteiger charge is -2.24. The van der Waals surface area contributed by atoms with Crippen molar-refractivity contribution < 1.29 is 9.21 Å². The molecule has 3 rings (SSSR count). The molecule has 2 aromatic heterocycles. The molecule has 1 unspecified atom stereocenters. The predicted octanol–water partition coefficient (Wildman–Crippen LogP) is 4.73. The van der Waals surface area contributed by atoms with Crippen LogP contribution >= 0.6 is 11.8 Å². The fourth-order valence-corrected chi connectivity index (χ4v) is 3.92. The highest BCUT2D eigenvalue weighted by molar-refractivity contribution is 8.00. The van der Waals surface area contributed by atoms with Crippen molar-refractivity contribution in [2.75, 3.05) is 11.4 Å². The Bertz CT molecular complexity index is 891. The molecule has 1 atom stereocenters. The SMILES string of the molecule is CCN(C(=O)C(C)Sc1nnc(-c2ccco2)n1CC(C)C)c1ccccc1. The summed E-state index contributed by atoms with van der Waals surface area (Å²) < 4.78 is 7.55. The minimum Gasteiger partial charge on any atom is -0.461 e. The van der Waals surface area contributed by atoms with Crippen molar-refractivity contribution in [1.82, 2.24) is 14.8 Å². The number of amides is 1. The molecule has 0 radical (unpaired) electrons. The van der Waals surface area contributed by atoms with Crippen molar-refractivity contribution in [2.45, 2.75) is 44.6 Å². The van der Waals surface area contributed by atoms with Crippen molar-refractivity contribution in [3.8, 4) is 11.6 Å². The Kier molecular flexibility index (Phi) is 6.57. The first-order valence-electron chi connectivity index (χ1n) is 9.51. The summed E-state index contributed by atoms with van der Waals surface area (Å²) >= 11 is 1.43. The van der Waals surface area contributed by atoms with E-state index in [9.17, 15) is 4.79 Å². The number of rotatable bonds is 8. The molecule has 0 aliphatic carbocycles. The molecule has 28 heavy (non-hydrogen) atoms. The monoisotopic (exact) mass is 398 g/mol. The molecule has 0 aliphatic heterocycles. The van der Waals surface area contributed by atoms with Crippen LogP contribution in [0.1, 0.15) is 27.7 Å². The van der Waals surface area contributed by atoms with Crippen LogP contribution in [-0.4, -0.2) is 32.5 Å². The molecule has 0 saturated carbocycles. The van der Waals surface area contributed by atoms with Gasteiger partial charge in [0.15, 0.2) is 16.7 Å². The molecular formula is C21H26N4O2S. The first-order valence-corrected chi connectivity index (χ1v) is 10.4. The summed E-state index contributed by atoms with van der Waals surface area (Å²) in [6.45, 7) is 9.55. The van der Waals surface area contributed by atoms with Gasteiger partial charge in [0, 0.05) is 18.8 Å². The molecule has 3 aromatic rings. The Labute approximate surface area is 169 Å². The summed E-state index contributed by atoms with van der Waals surface area (Å²) in [6.07, 6.45) is 1.63. The van der Waals surface area contributed by atoms with Gasteiger partial charge in [0.2, 0.25) is 5.91 Å². The normalized spacial score (nSPS) is 12.3. The smallest absolute Gasteiger partial charge is 0.240 e. The third-order valence-electron chi connectivity index (χ3n) is 4.29. The lowest BCUT2D eigenvalue weighted by atomic mass is 10.2. The molecule has 0 N–H and O–H groups in total. The molecule has 6 nitrogen and oxygen atoms in total. The highest BCUT2D eigenvalue weighted by atomic mass is 32.2. The van der Waals surface area contributed by atoms with Gasteiger partial charge in [0.25, 0.3) is 0 Å². The molecule has 1 amide bonds. The van der Waals surface area contributed by atoms with Crippen LogP contribution in [0.15, 0.2) is 58.3 Å². The molecule has 0 aliphatic rings. The summed E-state index contributed by atoms with van der Waals surface area (Å²) in [7, 11) is 0. The third-order valence-corrected chi connectivity index (χ3v) is 5.35. The zero-order valence-corrected chi connectivity index (χ0v) is 17.5. The van der Waals surface area contributed by atoms with E-state index in [0.29, 0.717) is 24.0 Å². The van der Waals surface area contributed by atoms with E-state index in [4.69, 9.17) is 4.42 Å². The maximum Gasteiger partial charge on any atom is 0.240 e. The summed E-state index contributed by atoms with van der Waals surface area (Å²) in [6, 6.07) is 13.4. The second-order valence-electron chi connectivity index (χ2n) is 6.97. The second kappa shape index (κ2) is 9.10. The first kappa shape index (κ1) is 20.2. The lowest BCUT2D eigenvalue weighted by Crippen LogP contribution is -2.36. The molecule has 0 fully saturated rings. The summed E-state index contributed by atoms with van der Waals surface area (Å²) in [4.78, 5) is 14.9. The number of nitrogens with zero attached hydrogens (tertiary/aromatic N) is 4. The fraction of sp³-hybridized carbons (Fsp3) is 0.381. The van der Waals surface area contributed by atoms with Gasteiger partial charge in [-0.2, -0.15) is 0 Å². The van der Waals surface area contributed by atoms with Gasteiger partial charge in [-0.25, -0.2) is 0 Å². The van der Waals surface area contributed by atoms with Gasteiger partial charge in [-0.1, -0.05) is 43.8 Å². The highest BCUT2D eigenvalue weighted by Crippen LogP contribution is 2.29. The topological polar surface area (TPSA) is 64.2 Å². The van der Waals surface area contributed by atoms with Gasteiger partial charge in [-0.15, -0.1) is 10.2 Å². The molecular weight excluding hydrogens is 372 g/mol. The number of hydrogen-bond acceptors (Lipinski definition) is 5. The number of carbonyl (C=O) groups excluding carboxylic acids is 1. The largest absolute Gasteiger partial charge is 0.461 e. The lowest BCUT2D eigenvalue weighted by molar-refractivity contribution is -0.117. The maximum absolute atomic E-state index is 13.1. The van der Waals surface area contributed by atoms with Crippen molar-refractivity contribution >= 4 is 23.4 Å². The van der Waals surface area contributed by atoms with Gasteiger partial charge in [-0.05, 0) is 44.0 Å². The Morgan fingerprint density at radius 1 is 1.14 bits per heavy atom. The first-order chi connectivity index (χ1) is 13.5. The number of carbonyl (C=O) groups is 1. The summed E-state index contributed by atoms with van der Waals surface area (Å²) in [5, 5.41) is 9.11. The van der Waals surface area contributed by atoms with Crippen LogP contribution in [0.4, 0.5) is 5.69 Å². The molecule has 0 saturated heterocycles. The number of benzene rings is 1. The van der Waals surface area contributed by atoms with Crippen LogP contribution in [0.2, 0.25) is 0 Å². The van der Waals surface area contributed by atoms with Gasteiger partial charge in [0.05, 0.1) is 11.5 Å². The molecule has 148 valence electrons. The summed E-state index contributed by atoms with van der Waals surface area (Å²) in [5.41, 5.74) is 0.905.